The number of hydrogen-bond acceptors (Lipinski definition) is 16. The van der Waals surface area contributed by atoms with Gasteiger partial charge in [-0.15, -0.1) is 0 Å². The molecule has 0 saturated carbocycles. The van der Waals surface area contributed by atoms with E-state index in [1.165, 1.54) is 24.5 Å². The van der Waals surface area contributed by atoms with E-state index in [-0.39, 0.29) is 16.7 Å². The molecule has 3 aromatic rings. The summed E-state index contributed by atoms with van der Waals surface area (Å²) < 4.78 is 68.2. The maximum atomic E-state index is 12.5. The Morgan fingerprint density at radius 3 is 2.26 bits per heavy atom. The van der Waals surface area contributed by atoms with Gasteiger partial charge in [-0.3, -0.25) is 18.1 Å². The number of fused-ring (bicyclic) bond motifs is 1. The third kappa shape index (κ3) is 8.32. The van der Waals surface area contributed by atoms with E-state index in [0.29, 0.717) is 0 Å². The molecule has 0 bridgehead atoms. The quantitative estimate of drug-likeness (QED) is 0.0704. The Morgan fingerprint density at radius 2 is 1.62 bits per heavy atom. The normalized spacial score (nSPS) is 30.7. The number of nitrogens with zero attached hydrogens (tertiary/aromatic N) is 5. The molecule has 0 aromatic carbocycles. The highest BCUT2D eigenvalue weighted by Crippen LogP contribution is 2.61. The van der Waals surface area contributed by atoms with Crippen LogP contribution in [0.3, 0.4) is 0 Å². The summed E-state index contributed by atoms with van der Waals surface area (Å²) in [5.74, 6) is -1.29. The zero-order valence-electron chi connectivity index (χ0n) is 23.3. The molecular weight excluding hydrogens is 703 g/mol. The first-order valence-corrected chi connectivity index (χ1v) is 17.6. The van der Waals surface area contributed by atoms with Crippen molar-refractivity contribution in [1.29, 1.82) is 0 Å². The van der Waals surface area contributed by atoms with Crippen molar-refractivity contribution in [3.8, 4) is 0 Å². The second-order valence-electron chi connectivity index (χ2n) is 10.0. The molecule has 3 aromatic heterocycles. The number of ether oxygens (including phenoxy) is 2. The monoisotopic (exact) mass is 730 g/mol. The molecule has 0 spiro atoms. The number of aliphatic hydroxyl groups excluding tert-OH is 3. The molecule has 2 saturated heterocycles. The summed E-state index contributed by atoms with van der Waals surface area (Å²) in [6, 6.07) is 2.59. The Bertz CT molecular complexity index is 1760. The fraction of sp³-hybridized carbons (Fsp3) is 0.476. The van der Waals surface area contributed by atoms with Crippen LogP contribution in [0.1, 0.15) is 22.8 Å². The van der Waals surface area contributed by atoms with E-state index < -0.39 is 91.7 Å². The number of phosphoric ester groups is 3. The minimum Gasteiger partial charge on any atom is -0.477 e. The van der Waals surface area contributed by atoms with Gasteiger partial charge in [0, 0.05) is 6.07 Å². The van der Waals surface area contributed by atoms with Crippen molar-refractivity contribution in [2.45, 2.75) is 49.1 Å². The largest absolute Gasteiger partial charge is 0.481 e. The number of carbonyl (C=O) groups is 1. The van der Waals surface area contributed by atoms with Crippen molar-refractivity contribution in [1.82, 2.24) is 19.5 Å². The van der Waals surface area contributed by atoms with Crippen molar-refractivity contribution >= 4 is 40.6 Å². The average molecular weight is 730 g/mol. The molecule has 47 heavy (non-hydrogen) atoms. The molecule has 258 valence electrons. The van der Waals surface area contributed by atoms with Gasteiger partial charge in [-0.05, 0) is 6.07 Å². The van der Waals surface area contributed by atoms with E-state index in [4.69, 9.17) is 14.6 Å². The molecule has 5 rings (SSSR count). The zero-order valence-corrected chi connectivity index (χ0v) is 26.0. The highest BCUT2D eigenvalue weighted by molar-refractivity contribution is 7.61. The first-order valence-electron chi connectivity index (χ1n) is 13.1. The van der Waals surface area contributed by atoms with E-state index in [1.54, 1.807) is 0 Å². The topological polar surface area (TPSA) is 333 Å². The van der Waals surface area contributed by atoms with Crippen LogP contribution in [0.5, 0.6) is 0 Å². The molecule has 2 fully saturated rings. The summed E-state index contributed by atoms with van der Waals surface area (Å²) in [5, 5.41) is 40.6. The van der Waals surface area contributed by atoms with Crippen LogP contribution in [0.15, 0.2) is 43.4 Å². The minimum atomic E-state index is -5.51. The molecular formula is C21H27N5O18P3+. The number of carboxylic acid groups (broad SMARTS) is 1. The molecule has 10 atom stereocenters. The number of aliphatic hydroxyl groups is 3. The molecule has 26 heteroatoms. The number of carboxylic acids is 1. The van der Waals surface area contributed by atoms with E-state index in [0.717, 1.165) is 28.0 Å². The molecule has 2 aliphatic heterocycles. The Balaban J connectivity index is 1.20. The van der Waals surface area contributed by atoms with Gasteiger partial charge in [0.25, 0.3) is 6.23 Å². The van der Waals surface area contributed by atoms with Gasteiger partial charge in [0.2, 0.25) is 0 Å². The van der Waals surface area contributed by atoms with E-state index in [2.05, 4.69) is 32.8 Å². The van der Waals surface area contributed by atoms with Gasteiger partial charge in [-0.1, -0.05) is 0 Å². The lowest BCUT2D eigenvalue weighted by molar-refractivity contribution is -0.765. The molecule has 0 aliphatic carbocycles. The fourth-order valence-electron chi connectivity index (χ4n) is 4.73. The highest BCUT2D eigenvalue weighted by atomic mass is 31.3. The van der Waals surface area contributed by atoms with Crippen LogP contribution in [-0.4, -0.2) is 115 Å². The number of imidazole rings is 1. The third-order valence-corrected chi connectivity index (χ3v) is 9.91. The summed E-state index contributed by atoms with van der Waals surface area (Å²) in [7, 11) is -16.2. The number of phosphoric acid groups is 3. The van der Waals surface area contributed by atoms with Crippen molar-refractivity contribution in [2.24, 2.45) is 0 Å². The third-order valence-electron chi connectivity index (χ3n) is 6.79. The molecule has 23 nitrogen and oxygen atoms in total. The zero-order chi connectivity index (χ0) is 34.3. The van der Waals surface area contributed by atoms with Crippen LogP contribution in [0.2, 0.25) is 0 Å². The van der Waals surface area contributed by atoms with Gasteiger partial charge in [0.05, 0.1) is 25.7 Å². The standard InChI is InChI=1S/C21H26N5O18P3/c27-14-12(41-19(16(14)29)25-3-1-2-10(5-25)21(30)31)6-39-46(35,36)44-47(37,38)40-7-13-15(28)17(43-45(32,33)34)20(42-13)26-9-24-11-4-22-8-23-18(11)26/h1-5,8-9,12-17,19-20,27-29H,6-7H2,(H4-,30,31,32,33,34,35,36,37,38)/p+1/t12-,13-,14-,15-,16-,17-,19-,20-/m1/s1. The van der Waals surface area contributed by atoms with Crippen LogP contribution >= 0.6 is 23.5 Å². The minimum absolute atomic E-state index is 0.107. The van der Waals surface area contributed by atoms with E-state index in [9.17, 15) is 53.4 Å². The van der Waals surface area contributed by atoms with Crippen molar-refractivity contribution in [2.75, 3.05) is 13.2 Å². The summed E-state index contributed by atoms with van der Waals surface area (Å²) in [5.41, 5.74) is 0.166. The number of aromatic carboxylic acids is 1. The summed E-state index contributed by atoms with van der Waals surface area (Å²) in [6.45, 7) is -2.03. The Morgan fingerprint density at radius 1 is 0.957 bits per heavy atom. The van der Waals surface area contributed by atoms with E-state index in [1.807, 2.05) is 0 Å². The number of pyridine rings is 1. The molecule has 5 heterocycles. The van der Waals surface area contributed by atoms with Gasteiger partial charge in [0.15, 0.2) is 30.4 Å². The van der Waals surface area contributed by atoms with Crippen molar-refractivity contribution < 1.29 is 90.4 Å². The Hall–Kier alpha value is -2.66. The maximum absolute atomic E-state index is 12.5. The van der Waals surface area contributed by atoms with Gasteiger partial charge in [0.1, 0.15) is 47.9 Å². The molecule has 2 unspecified atom stereocenters. The molecule has 0 amide bonds. The second kappa shape index (κ2) is 13.7. The SMILES string of the molecule is O=C(O)c1ccc[n+]([C@@H]2O[C@H](COP(=O)(O)OP(=O)(O)OC[C@H]3O[C@@H](n4cnc5cncnc54)[C@H](OP(=O)(O)O)[C@@H]3O)[C@@H](O)[C@H]2O)c1. The predicted molar refractivity (Wildman–Crippen MR) is 144 cm³/mol. The van der Waals surface area contributed by atoms with Crippen molar-refractivity contribution in [3.63, 3.8) is 0 Å². The van der Waals surface area contributed by atoms with Crippen LogP contribution in [0.4, 0.5) is 0 Å². The lowest BCUT2D eigenvalue weighted by Crippen LogP contribution is -2.46. The summed E-state index contributed by atoms with van der Waals surface area (Å²) in [6.07, 6.45) is -7.08. The first-order chi connectivity index (χ1) is 21.9. The highest BCUT2D eigenvalue weighted by Gasteiger charge is 2.51. The van der Waals surface area contributed by atoms with Gasteiger partial charge in [-0.25, -0.2) is 33.4 Å². The Kier molecular flexibility index (Phi) is 10.4. The number of aromatic nitrogens is 5. The van der Waals surface area contributed by atoms with Gasteiger partial charge in [-0.2, -0.15) is 8.88 Å². The van der Waals surface area contributed by atoms with Gasteiger partial charge < -0.3 is 49.5 Å². The fourth-order valence-corrected chi connectivity index (χ4v) is 7.36. The summed E-state index contributed by atoms with van der Waals surface area (Å²) in [4.78, 5) is 61.9. The number of rotatable bonds is 13. The molecule has 0 radical (unpaired) electrons. The Labute approximate surface area is 262 Å². The van der Waals surface area contributed by atoms with Gasteiger partial charge >= 0.3 is 29.4 Å². The average Bonchev–Trinajstić information content (AvgIpc) is 3.63. The lowest BCUT2D eigenvalue weighted by atomic mass is 10.1. The van der Waals surface area contributed by atoms with Crippen LogP contribution < -0.4 is 4.57 Å². The summed E-state index contributed by atoms with van der Waals surface area (Å²) >= 11 is 0. The second-order valence-corrected chi connectivity index (χ2v) is 14.2. The van der Waals surface area contributed by atoms with Crippen molar-refractivity contribution in [3.05, 3.63) is 48.9 Å². The van der Waals surface area contributed by atoms with Crippen LogP contribution in [0.25, 0.3) is 11.2 Å². The molecule has 8 N–H and O–H groups in total. The maximum Gasteiger partial charge on any atom is 0.481 e. The molecule has 2 aliphatic rings. The first kappa shape index (κ1) is 35.6. The smallest absolute Gasteiger partial charge is 0.477 e. The van der Waals surface area contributed by atoms with Crippen LogP contribution in [-0.2, 0) is 41.1 Å². The number of hydrogen-bond donors (Lipinski definition) is 8. The lowest BCUT2D eigenvalue weighted by Gasteiger charge is -2.22. The predicted octanol–water partition coefficient (Wildman–Crippen LogP) is -1.88. The van der Waals surface area contributed by atoms with Crippen LogP contribution in [0, 0.1) is 0 Å². The van der Waals surface area contributed by atoms with E-state index >= 15 is 0 Å².